The Morgan fingerprint density at radius 1 is 1.04 bits per heavy atom. The minimum absolute atomic E-state index is 0.383. The van der Waals surface area contributed by atoms with Crippen molar-refractivity contribution in [2.24, 2.45) is 0 Å². The molecular formula is C17H16ClN5O. The average Bonchev–Trinajstić information content (AvgIpc) is 2.58. The first-order chi connectivity index (χ1) is 11.6. The van der Waals surface area contributed by atoms with Crippen LogP contribution >= 0.6 is 11.6 Å². The fourth-order valence-corrected chi connectivity index (χ4v) is 2.26. The van der Waals surface area contributed by atoms with Crippen LogP contribution in [0.4, 0.5) is 23.1 Å². The summed E-state index contributed by atoms with van der Waals surface area (Å²) in [6.07, 6.45) is 1.55. The van der Waals surface area contributed by atoms with E-state index in [1.165, 1.54) is 0 Å². The van der Waals surface area contributed by atoms with Crippen molar-refractivity contribution in [1.82, 2.24) is 15.2 Å². The molecule has 2 aromatic carbocycles. The maximum Gasteiger partial charge on any atom is 0.249 e. The molecule has 0 aliphatic carbocycles. The highest BCUT2D eigenvalue weighted by atomic mass is 35.5. The molecule has 0 unspecified atom stereocenters. The van der Waals surface area contributed by atoms with Crippen LogP contribution in [0.15, 0.2) is 48.7 Å². The predicted octanol–water partition coefficient (Wildman–Crippen LogP) is 4.33. The number of halogens is 1. The van der Waals surface area contributed by atoms with Crippen LogP contribution in [0, 0.1) is 6.92 Å². The van der Waals surface area contributed by atoms with Crippen molar-refractivity contribution in [3.8, 4) is 5.75 Å². The molecule has 3 aromatic rings. The summed E-state index contributed by atoms with van der Waals surface area (Å²) in [5.74, 6) is 1.67. The molecule has 0 atom stereocenters. The van der Waals surface area contributed by atoms with Gasteiger partial charge in [-0.15, -0.1) is 5.10 Å². The topological polar surface area (TPSA) is 72.0 Å². The van der Waals surface area contributed by atoms with Gasteiger partial charge in [-0.3, -0.25) is 0 Å². The van der Waals surface area contributed by atoms with Gasteiger partial charge in [0.1, 0.15) is 5.75 Å². The zero-order chi connectivity index (χ0) is 16.9. The van der Waals surface area contributed by atoms with Crippen molar-refractivity contribution in [2.45, 2.75) is 6.92 Å². The standard InChI is InChI=1S/C17H16ClN5O/c1-11-3-8-15(24-2)14(9-11)21-16-10-19-23-17(22-16)20-13-6-4-12(18)5-7-13/h3-10H,1-2H3,(H2,20,21,22,23). The van der Waals surface area contributed by atoms with Gasteiger partial charge in [0.25, 0.3) is 0 Å². The van der Waals surface area contributed by atoms with Crippen molar-refractivity contribution in [3.05, 3.63) is 59.2 Å². The summed E-state index contributed by atoms with van der Waals surface area (Å²) in [5, 5.41) is 14.9. The minimum Gasteiger partial charge on any atom is -0.495 e. The Morgan fingerprint density at radius 3 is 2.58 bits per heavy atom. The van der Waals surface area contributed by atoms with E-state index in [0.29, 0.717) is 16.8 Å². The number of nitrogens with one attached hydrogen (secondary N) is 2. The first kappa shape index (κ1) is 16.0. The van der Waals surface area contributed by atoms with Crippen LogP contribution in [0.2, 0.25) is 5.02 Å². The number of aromatic nitrogens is 3. The van der Waals surface area contributed by atoms with E-state index in [2.05, 4.69) is 25.8 Å². The van der Waals surface area contributed by atoms with Crippen molar-refractivity contribution >= 4 is 34.7 Å². The lowest BCUT2D eigenvalue weighted by Gasteiger charge is -2.12. The van der Waals surface area contributed by atoms with E-state index in [1.54, 1.807) is 25.4 Å². The molecule has 0 fully saturated rings. The van der Waals surface area contributed by atoms with Crippen molar-refractivity contribution in [3.63, 3.8) is 0 Å². The minimum atomic E-state index is 0.383. The SMILES string of the molecule is COc1ccc(C)cc1Nc1cnnc(Nc2ccc(Cl)cc2)n1. The van der Waals surface area contributed by atoms with E-state index in [4.69, 9.17) is 16.3 Å². The maximum absolute atomic E-state index is 5.88. The van der Waals surface area contributed by atoms with E-state index in [-0.39, 0.29) is 0 Å². The molecule has 0 saturated heterocycles. The number of hydrogen-bond donors (Lipinski definition) is 2. The van der Waals surface area contributed by atoms with Crippen LogP contribution in [-0.4, -0.2) is 22.3 Å². The summed E-state index contributed by atoms with van der Waals surface area (Å²) in [4.78, 5) is 4.41. The van der Waals surface area contributed by atoms with E-state index in [9.17, 15) is 0 Å². The average molecular weight is 342 g/mol. The second kappa shape index (κ2) is 7.14. The summed E-state index contributed by atoms with van der Waals surface area (Å²) in [6.45, 7) is 2.01. The van der Waals surface area contributed by atoms with Gasteiger partial charge in [0, 0.05) is 10.7 Å². The number of methoxy groups -OCH3 is 1. The Labute approximate surface area is 144 Å². The zero-order valence-corrected chi connectivity index (χ0v) is 14.0. The van der Waals surface area contributed by atoms with E-state index < -0.39 is 0 Å². The van der Waals surface area contributed by atoms with Crippen molar-refractivity contribution < 1.29 is 4.74 Å². The third-order valence-corrected chi connectivity index (χ3v) is 3.53. The molecule has 0 amide bonds. The Morgan fingerprint density at radius 2 is 1.83 bits per heavy atom. The zero-order valence-electron chi connectivity index (χ0n) is 13.2. The summed E-state index contributed by atoms with van der Waals surface area (Å²) in [6, 6.07) is 13.1. The van der Waals surface area contributed by atoms with Crippen LogP contribution in [0.5, 0.6) is 5.75 Å². The van der Waals surface area contributed by atoms with E-state index >= 15 is 0 Å². The lowest BCUT2D eigenvalue weighted by Crippen LogP contribution is -2.03. The second-order valence-electron chi connectivity index (χ2n) is 5.13. The molecule has 2 N–H and O–H groups in total. The first-order valence-corrected chi connectivity index (χ1v) is 7.66. The van der Waals surface area contributed by atoms with Gasteiger partial charge < -0.3 is 15.4 Å². The van der Waals surface area contributed by atoms with Gasteiger partial charge in [0.15, 0.2) is 5.82 Å². The largest absolute Gasteiger partial charge is 0.495 e. The molecule has 0 aliphatic rings. The highest BCUT2D eigenvalue weighted by molar-refractivity contribution is 6.30. The number of rotatable bonds is 5. The second-order valence-corrected chi connectivity index (χ2v) is 5.56. The van der Waals surface area contributed by atoms with Gasteiger partial charge in [0.05, 0.1) is 19.0 Å². The lowest BCUT2D eigenvalue weighted by atomic mass is 10.2. The van der Waals surface area contributed by atoms with Crippen molar-refractivity contribution in [2.75, 3.05) is 17.7 Å². The Hall–Kier alpha value is -2.86. The van der Waals surface area contributed by atoms with Gasteiger partial charge in [-0.2, -0.15) is 10.1 Å². The summed E-state index contributed by atoms with van der Waals surface area (Å²) in [5.41, 5.74) is 2.75. The molecule has 0 spiro atoms. The van der Waals surface area contributed by atoms with Gasteiger partial charge in [-0.25, -0.2) is 0 Å². The van der Waals surface area contributed by atoms with Crippen LogP contribution in [0.25, 0.3) is 0 Å². The molecular weight excluding hydrogens is 326 g/mol. The number of benzene rings is 2. The molecule has 3 rings (SSSR count). The van der Waals surface area contributed by atoms with Gasteiger partial charge in [0.2, 0.25) is 5.95 Å². The number of aryl methyl sites for hydroxylation is 1. The summed E-state index contributed by atoms with van der Waals surface area (Å²) in [7, 11) is 1.63. The molecule has 7 heteroatoms. The van der Waals surface area contributed by atoms with E-state index in [0.717, 1.165) is 22.7 Å². The van der Waals surface area contributed by atoms with E-state index in [1.807, 2.05) is 37.3 Å². The third kappa shape index (κ3) is 3.91. The predicted molar refractivity (Wildman–Crippen MR) is 95.6 cm³/mol. The van der Waals surface area contributed by atoms with Crippen LogP contribution in [0.1, 0.15) is 5.56 Å². The quantitative estimate of drug-likeness (QED) is 0.719. The third-order valence-electron chi connectivity index (χ3n) is 3.28. The molecule has 6 nitrogen and oxygen atoms in total. The normalized spacial score (nSPS) is 10.3. The highest BCUT2D eigenvalue weighted by Crippen LogP contribution is 2.28. The number of anilines is 4. The lowest BCUT2D eigenvalue weighted by molar-refractivity contribution is 0.416. The smallest absolute Gasteiger partial charge is 0.249 e. The number of ether oxygens (including phenoxy) is 1. The van der Waals surface area contributed by atoms with Crippen LogP contribution in [0.3, 0.4) is 0 Å². The first-order valence-electron chi connectivity index (χ1n) is 7.28. The molecule has 24 heavy (non-hydrogen) atoms. The van der Waals surface area contributed by atoms with Crippen LogP contribution < -0.4 is 15.4 Å². The summed E-state index contributed by atoms with van der Waals surface area (Å²) >= 11 is 5.88. The summed E-state index contributed by atoms with van der Waals surface area (Å²) < 4.78 is 5.36. The Bertz CT molecular complexity index is 839. The number of hydrogen-bond acceptors (Lipinski definition) is 6. The van der Waals surface area contributed by atoms with Gasteiger partial charge in [-0.05, 0) is 48.9 Å². The Kier molecular flexibility index (Phi) is 4.77. The molecule has 1 aromatic heterocycles. The van der Waals surface area contributed by atoms with Crippen molar-refractivity contribution in [1.29, 1.82) is 0 Å². The fourth-order valence-electron chi connectivity index (χ4n) is 2.14. The fraction of sp³-hybridized carbons (Fsp3) is 0.118. The van der Waals surface area contributed by atoms with Gasteiger partial charge in [-0.1, -0.05) is 17.7 Å². The highest BCUT2D eigenvalue weighted by Gasteiger charge is 2.06. The maximum atomic E-state index is 5.88. The molecule has 1 heterocycles. The molecule has 0 bridgehead atoms. The molecule has 0 saturated carbocycles. The molecule has 122 valence electrons. The molecule has 0 aliphatic heterocycles. The van der Waals surface area contributed by atoms with Gasteiger partial charge >= 0.3 is 0 Å². The number of nitrogens with zero attached hydrogens (tertiary/aromatic N) is 3. The monoisotopic (exact) mass is 341 g/mol. The molecule has 0 radical (unpaired) electrons. The Balaban J connectivity index is 1.80. The van der Waals surface area contributed by atoms with Crippen LogP contribution in [-0.2, 0) is 0 Å².